The van der Waals surface area contributed by atoms with Gasteiger partial charge in [-0.05, 0) is 48.5 Å². The zero-order chi connectivity index (χ0) is 23.0. The van der Waals surface area contributed by atoms with Crippen LogP contribution in [0.2, 0.25) is 10.0 Å². The molecule has 1 aromatic heterocycles. The van der Waals surface area contributed by atoms with Gasteiger partial charge in [-0.2, -0.15) is 0 Å². The van der Waals surface area contributed by atoms with E-state index in [1.807, 2.05) is 0 Å². The Kier molecular flexibility index (Phi) is 11.0. The zero-order valence-electron chi connectivity index (χ0n) is 17.0. The quantitative estimate of drug-likeness (QED) is 0.181. The summed E-state index contributed by atoms with van der Waals surface area (Å²) in [5.74, 6) is -1.20. The molecule has 0 fully saturated rings. The van der Waals surface area contributed by atoms with E-state index in [0.717, 1.165) is 0 Å². The Labute approximate surface area is 243 Å². The van der Waals surface area contributed by atoms with Gasteiger partial charge in [0, 0.05) is 22.3 Å². The van der Waals surface area contributed by atoms with E-state index in [0.29, 0.717) is 17.3 Å². The van der Waals surface area contributed by atoms with Crippen molar-refractivity contribution in [3.63, 3.8) is 0 Å². The number of pyridine rings is 1. The fourth-order valence-electron chi connectivity index (χ4n) is 2.42. The summed E-state index contributed by atoms with van der Waals surface area (Å²) in [7, 11) is -10.3. The third-order valence-electron chi connectivity index (χ3n) is 3.86. The molecule has 0 amide bonds. The monoisotopic (exact) mass is 547 g/mol. The number of ketones is 1. The summed E-state index contributed by atoms with van der Waals surface area (Å²) in [6.45, 7) is 0. The van der Waals surface area contributed by atoms with E-state index in [1.165, 1.54) is 42.5 Å². The molecule has 9 nitrogen and oxygen atoms in total. The molecule has 15 heteroatoms. The van der Waals surface area contributed by atoms with E-state index >= 15 is 0 Å². The molecular weight excluding hydrogens is 539 g/mol. The number of halogens is 2. The second-order valence-corrected chi connectivity index (χ2v) is 9.53. The van der Waals surface area contributed by atoms with E-state index in [1.54, 1.807) is 0 Å². The second-order valence-electron chi connectivity index (χ2n) is 5.96. The minimum absolute atomic E-state index is 0. The summed E-state index contributed by atoms with van der Waals surface area (Å²) < 4.78 is 72.8. The Bertz CT molecular complexity index is 1400. The van der Waals surface area contributed by atoms with Crippen LogP contribution in [0.4, 0.5) is 0 Å². The van der Waals surface area contributed by atoms with E-state index in [9.17, 15) is 30.7 Å². The van der Waals surface area contributed by atoms with Gasteiger partial charge >= 0.3 is 59.1 Å². The van der Waals surface area contributed by atoms with Crippen LogP contribution in [0, 0.1) is 0 Å². The van der Waals surface area contributed by atoms with Crippen LogP contribution in [0.1, 0.15) is 15.9 Å². The normalized spacial score (nSPS) is 11.2. The Morgan fingerprint density at radius 1 is 0.879 bits per heavy atom. The van der Waals surface area contributed by atoms with Gasteiger partial charge in [-0.25, -0.2) is 21.8 Å². The maximum Gasteiger partial charge on any atom is 1.00 e. The van der Waals surface area contributed by atoms with Crippen molar-refractivity contribution >= 4 is 49.2 Å². The average Bonchev–Trinajstić information content (AvgIpc) is 2.68. The maximum absolute atomic E-state index is 12.6. The fraction of sp³-hybridized carbons (Fsp3) is 0. The second kappa shape index (κ2) is 11.9. The summed E-state index contributed by atoms with van der Waals surface area (Å²) in [5, 5.41) is 0.506. The molecule has 0 aliphatic rings. The topological polar surface area (TPSA) is 154 Å². The summed E-state index contributed by atoms with van der Waals surface area (Å²) >= 11 is 11.9. The van der Waals surface area contributed by atoms with Crippen molar-refractivity contribution in [3.05, 3.63) is 75.9 Å². The van der Waals surface area contributed by atoms with E-state index in [4.69, 9.17) is 27.9 Å². The van der Waals surface area contributed by atoms with Crippen LogP contribution in [0.3, 0.4) is 0 Å². The molecule has 3 aromatic rings. The van der Waals surface area contributed by atoms with Gasteiger partial charge in [-0.3, -0.25) is 4.79 Å². The van der Waals surface area contributed by atoms with Crippen molar-refractivity contribution in [1.82, 2.24) is 4.98 Å². The minimum atomic E-state index is -5.22. The first kappa shape index (κ1) is 30.5. The molecule has 1 heterocycles. The molecule has 0 saturated carbocycles. The molecule has 2 aromatic carbocycles. The van der Waals surface area contributed by atoms with Gasteiger partial charge in [0.2, 0.25) is 5.88 Å². The standard InChI is InChI=1S/C18H11Cl2NO8S2.2Na/c19-11-3-6-15(20)14(7-11)17(22)10-1-4-12(5-2-10)29-18-16(31(26,27)28)8-13(9-21-18)30(23,24)25;;/h1-9H,(H,23,24,25)(H,26,27,28);;/q;2*+1/p-2. The first-order valence-corrected chi connectivity index (χ1v) is 11.6. The van der Waals surface area contributed by atoms with Crippen LogP contribution in [0.5, 0.6) is 11.6 Å². The Hall–Kier alpha value is -0.540. The predicted octanol–water partition coefficient (Wildman–Crippen LogP) is -2.77. The van der Waals surface area contributed by atoms with E-state index in [-0.39, 0.29) is 81.0 Å². The minimum Gasteiger partial charge on any atom is -0.744 e. The number of nitrogens with zero attached hydrogens (tertiary/aromatic N) is 1. The van der Waals surface area contributed by atoms with Crippen LogP contribution in [0.15, 0.2) is 64.5 Å². The van der Waals surface area contributed by atoms with Crippen molar-refractivity contribution in [3.8, 4) is 11.6 Å². The predicted molar refractivity (Wildman–Crippen MR) is 107 cm³/mol. The number of hydrogen-bond donors (Lipinski definition) is 0. The molecular formula is C18H9Cl2NNa2O8S2. The number of benzene rings is 2. The summed E-state index contributed by atoms with van der Waals surface area (Å²) in [6, 6.07) is 10.0. The van der Waals surface area contributed by atoms with Crippen molar-refractivity contribution in [1.29, 1.82) is 0 Å². The van der Waals surface area contributed by atoms with Crippen LogP contribution in [0.25, 0.3) is 0 Å². The number of carbonyl (C=O) groups excluding carboxylic acids is 1. The molecule has 0 radical (unpaired) electrons. The zero-order valence-corrected chi connectivity index (χ0v) is 24.1. The molecule has 0 atom stereocenters. The van der Waals surface area contributed by atoms with Crippen molar-refractivity contribution in [2.45, 2.75) is 9.79 Å². The van der Waals surface area contributed by atoms with Gasteiger partial charge in [-0.15, -0.1) is 0 Å². The third-order valence-corrected chi connectivity index (χ3v) is 6.05. The summed E-state index contributed by atoms with van der Waals surface area (Å²) in [5.41, 5.74) is 0.368. The van der Waals surface area contributed by atoms with E-state index in [2.05, 4.69) is 4.98 Å². The first-order valence-electron chi connectivity index (χ1n) is 8.06. The number of carbonyl (C=O) groups is 1. The largest absolute Gasteiger partial charge is 1.00 e. The van der Waals surface area contributed by atoms with Crippen LogP contribution >= 0.6 is 23.2 Å². The molecule has 0 aliphatic carbocycles. The molecule has 0 N–H and O–H groups in total. The number of aromatic nitrogens is 1. The molecule has 0 aliphatic heterocycles. The molecule has 0 saturated heterocycles. The Morgan fingerprint density at radius 2 is 1.48 bits per heavy atom. The SMILES string of the molecule is O=C(c1ccc(Oc2ncc(S(=O)(=O)[O-])cc2S(=O)(=O)[O-])cc1)c1cc(Cl)ccc1Cl.[Na+].[Na+]. The van der Waals surface area contributed by atoms with Crippen molar-refractivity contribution in [2.75, 3.05) is 0 Å². The molecule has 0 bridgehead atoms. The molecule has 3 rings (SSSR count). The van der Waals surface area contributed by atoms with Gasteiger partial charge in [0.25, 0.3) is 0 Å². The fourth-order valence-corrected chi connectivity index (χ4v) is 3.89. The smallest absolute Gasteiger partial charge is 0.744 e. The molecule has 0 spiro atoms. The molecule has 162 valence electrons. The molecule has 0 unspecified atom stereocenters. The number of ether oxygens (including phenoxy) is 1. The first-order chi connectivity index (χ1) is 14.4. The van der Waals surface area contributed by atoms with E-state index < -0.39 is 41.7 Å². The summed E-state index contributed by atoms with van der Waals surface area (Å²) in [6.07, 6.45) is 0.561. The van der Waals surface area contributed by atoms with Gasteiger partial charge < -0.3 is 13.8 Å². The number of rotatable bonds is 6. The van der Waals surface area contributed by atoms with Gasteiger partial charge in [-0.1, -0.05) is 23.2 Å². The van der Waals surface area contributed by atoms with Crippen LogP contribution < -0.4 is 63.9 Å². The molecule has 33 heavy (non-hydrogen) atoms. The van der Waals surface area contributed by atoms with Gasteiger partial charge in [0.15, 0.2) is 5.78 Å². The maximum atomic E-state index is 12.6. The van der Waals surface area contributed by atoms with Crippen molar-refractivity contribution in [2.24, 2.45) is 0 Å². The average molecular weight is 548 g/mol. The van der Waals surface area contributed by atoms with Crippen LogP contribution in [-0.4, -0.2) is 36.7 Å². The van der Waals surface area contributed by atoms with Crippen molar-refractivity contribution < 1.29 is 94.6 Å². The third kappa shape index (κ3) is 7.72. The Balaban J connectivity index is 0.00000272. The van der Waals surface area contributed by atoms with Gasteiger partial charge in [0.05, 0.1) is 9.92 Å². The Morgan fingerprint density at radius 3 is 2.03 bits per heavy atom. The summed E-state index contributed by atoms with van der Waals surface area (Å²) in [4.78, 5) is 13.9. The van der Waals surface area contributed by atoms with Crippen LogP contribution in [-0.2, 0) is 20.2 Å². The number of hydrogen-bond acceptors (Lipinski definition) is 9. The van der Waals surface area contributed by atoms with Gasteiger partial charge in [0.1, 0.15) is 30.9 Å².